The zero-order chi connectivity index (χ0) is 22.6. The summed E-state index contributed by atoms with van der Waals surface area (Å²) in [5, 5.41) is 3.15. The van der Waals surface area contributed by atoms with Gasteiger partial charge in [-0.15, -0.1) is 0 Å². The highest BCUT2D eigenvalue weighted by Crippen LogP contribution is 2.21. The minimum atomic E-state index is -3.95. The Balaban J connectivity index is 1.65. The Labute approximate surface area is 187 Å². The van der Waals surface area contributed by atoms with E-state index in [9.17, 15) is 18.0 Å². The van der Waals surface area contributed by atoms with Crippen molar-refractivity contribution in [2.75, 3.05) is 32.0 Å². The number of benzene rings is 1. The van der Waals surface area contributed by atoms with E-state index in [4.69, 9.17) is 11.6 Å². The molecule has 2 amide bonds. The van der Waals surface area contributed by atoms with Gasteiger partial charge in [-0.1, -0.05) is 30.5 Å². The number of amides is 2. The number of sulfonamides is 1. The first kappa shape index (κ1) is 23.3. The predicted octanol–water partition coefficient (Wildman–Crippen LogP) is 3.25. The van der Waals surface area contributed by atoms with Gasteiger partial charge in [0.25, 0.3) is 5.91 Å². The van der Waals surface area contributed by atoms with Gasteiger partial charge in [-0.3, -0.25) is 9.59 Å². The molecule has 31 heavy (non-hydrogen) atoms. The van der Waals surface area contributed by atoms with E-state index >= 15 is 0 Å². The van der Waals surface area contributed by atoms with Crippen molar-refractivity contribution in [2.24, 2.45) is 0 Å². The van der Waals surface area contributed by atoms with Crippen LogP contribution in [-0.2, 0) is 14.8 Å². The van der Waals surface area contributed by atoms with Crippen LogP contribution in [0.4, 0.5) is 5.69 Å². The SMILES string of the molecule is Cc1ccc(NC(=O)CN(C)S(=O)(=O)c2c[nH]c(C(=O)N3CCCCCC3)c2)cc1Cl. The van der Waals surface area contributed by atoms with Crippen LogP contribution in [-0.4, -0.2) is 61.1 Å². The molecule has 1 aliphatic rings. The summed E-state index contributed by atoms with van der Waals surface area (Å²) in [4.78, 5) is 29.5. The summed E-state index contributed by atoms with van der Waals surface area (Å²) in [6, 6.07) is 6.40. The van der Waals surface area contributed by atoms with Crippen LogP contribution >= 0.6 is 11.6 Å². The van der Waals surface area contributed by atoms with Crippen molar-refractivity contribution in [1.82, 2.24) is 14.2 Å². The van der Waals surface area contributed by atoms with Crippen molar-refractivity contribution in [3.05, 3.63) is 46.7 Å². The topological polar surface area (TPSA) is 103 Å². The van der Waals surface area contributed by atoms with Gasteiger partial charge in [0.15, 0.2) is 0 Å². The van der Waals surface area contributed by atoms with Crippen LogP contribution in [0.3, 0.4) is 0 Å². The Hall–Kier alpha value is -2.36. The van der Waals surface area contributed by atoms with Gasteiger partial charge in [0.1, 0.15) is 10.6 Å². The summed E-state index contributed by atoms with van der Waals surface area (Å²) in [5.74, 6) is -0.706. The molecule has 0 radical (unpaired) electrons. The van der Waals surface area contributed by atoms with E-state index in [2.05, 4.69) is 10.3 Å². The molecule has 2 aromatic rings. The highest BCUT2D eigenvalue weighted by Gasteiger charge is 2.26. The molecule has 10 heteroatoms. The van der Waals surface area contributed by atoms with E-state index in [0.717, 1.165) is 35.6 Å². The van der Waals surface area contributed by atoms with Gasteiger partial charge in [-0.2, -0.15) is 4.31 Å². The average molecular weight is 467 g/mol. The normalized spacial score (nSPS) is 15.0. The van der Waals surface area contributed by atoms with Gasteiger partial charge < -0.3 is 15.2 Å². The second-order valence-electron chi connectivity index (χ2n) is 7.73. The number of nitrogens with zero attached hydrogens (tertiary/aromatic N) is 2. The third kappa shape index (κ3) is 5.66. The molecule has 1 aliphatic heterocycles. The molecule has 8 nitrogen and oxygen atoms in total. The average Bonchev–Trinajstić information content (AvgIpc) is 3.07. The summed E-state index contributed by atoms with van der Waals surface area (Å²) in [5.41, 5.74) is 1.59. The first-order valence-corrected chi connectivity index (χ1v) is 12.0. The number of hydrogen-bond acceptors (Lipinski definition) is 4. The first-order valence-electron chi connectivity index (χ1n) is 10.2. The molecular formula is C21H27ClN4O4S. The number of aromatic nitrogens is 1. The van der Waals surface area contributed by atoms with Crippen LogP contribution in [0.25, 0.3) is 0 Å². The van der Waals surface area contributed by atoms with Crippen molar-refractivity contribution in [1.29, 1.82) is 0 Å². The van der Waals surface area contributed by atoms with Crippen molar-refractivity contribution in [2.45, 2.75) is 37.5 Å². The highest BCUT2D eigenvalue weighted by molar-refractivity contribution is 7.89. The van der Waals surface area contributed by atoms with Crippen LogP contribution in [0, 0.1) is 6.92 Å². The second kappa shape index (κ2) is 9.84. The van der Waals surface area contributed by atoms with Crippen LogP contribution in [0.1, 0.15) is 41.7 Å². The van der Waals surface area contributed by atoms with E-state index in [1.807, 2.05) is 6.92 Å². The maximum Gasteiger partial charge on any atom is 0.270 e. The lowest BCUT2D eigenvalue weighted by Crippen LogP contribution is -2.35. The molecule has 2 N–H and O–H groups in total. The minimum Gasteiger partial charge on any atom is -0.356 e. The molecule has 0 atom stereocenters. The molecular weight excluding hydrogens is 440 g/mol. The molecule has 2 heterocycles. The number of aryl methyl sites for hydroxylation is 1. The number of aromatic amines is 1. The predicted molar refractivity (Wildman–Crippen MR) is 120 cm³/mol. The fourth-order valence-electron chi connectivity index (χ4n) is 3.43. The Kier molecular flexibility index (Phi) is 7.40. The van der Waals surface area contributed by atoms with Gasteiger partial charge in [-0.25, -0.2) is 8.42 Å². The number of likely N-dealkylation sites (tertiary alicyclic amines) is 1. The molecule has 0 bridgehead atoms. The summed E-state index contributed by atoms with van der Waals surface area (Å²) in [7, 11) is -2.63. The molecule has 3 rings (SSSR count). The zero-order valence-corrected chi connectivity index (χ0v) is 19.2. The molecule has 168 valence electrons. The Bertz CT molecular complexity index is 1060. The van der Waals surface area contributed by atoms with Gasteiger partial charge in [0.05, 0.1) is 6.54 Å². The number of anilines is 1. The smallest absolute Gasteiger partial charge is 0.270 e. The molecule has 0 unspecified atom stereocenters. The zero-order valence-electron chi connectivity index (χ0n) is 17.7. The van der Waals surface area contributed by atoms with E-state index in [1.54, 1.807) is 23.1 Å². The molecule has 0 aliphatic carbocycles. The lowest BCUT2D eigenvalue weighted by Gasteiger charge is -2.19. The van der Waals surface area contributed by atoms with Gasteiger partial charge in [0, 0.05) is 37.0 Å². The van der Waals surface area contributed by atoms with Crippen LogP contribution in [0.15, 0.2) is 35.4 Å². The van der Waals surface area contributed by atoms with E-state index in [1.165, 1.54) is 19.3 Å². The molecule has 1 aromatic heterocycles. The molecule has 1 fully saturated rings. The fraction of sp³-hybridized carbons (Fsp3) is 0.429. The number of carbonyl (C=O) groups is 2. The van der Waals surface area contributed by atoms with Gasteiger partial charge >= 0.3 is 0 Å². The van der Waals surface area contributed by atoms with E-state index in [0.29, 0.717) is 23.8 Å². The van der Waals surface area contributed by atoms with E-state index < -0.39 is 15.9 Å². The van der Waals surface area contributed by atoms with E-state index in [-0.39, 0.29) is 23.0 Å². The van der Waals surface area contributed by atoms with Crippen molar-refractivity contribution in [3.8, 4) is 0 Å². The largest absolute Gasteiger partial charge is 0.356 e. The maximum absolute atomic E-state index is 12.9. The first-order chi connectivity index (χ1) is 14.7. The van der Waals surface area contributed by atoms with Crippen LogP contribution in [0.2, 0.25) is 5.02 Å². The highest BCUT2D eigenvalue weighted by atomic mass is 35.5. The summed E-state index contributed by atoms with van der Waals surface area (Å²) in [6.07, 6.45) is 5.36. The number of halogens is 1. The third-order valence-corrected chi connectivity index (χ3v) is 7.50. The molecule has 0 spiro atoms. The molecule has 1 saturated heterocycles. The Morgan fingerprint density at radius 1 is 1.16 bits per heavy atom. The quantitative estimate of drug-likeness (QED) is 0.682. The number of likely N-dealkylation sites (N-methyl/N-ethyl adjacent to an activating group) is 1. The maximum atomic E-state index is 12.9. The summed E-state index contributed by atoms with van der Waals surface area (Å²) in [6.45, 7) is 2.80. The van der Waals surface area contributed by atoms with Crippen LogP contribution in [0.5, 0.6) is 0 Å². The monoisotopic (exact) mass is 466 g/mol. The lowest BCUT2D eigenvalue weighted by molar-refractivity contribution is -0.116. The Morgan fingerprint density at radius 3 is 2.48 bits per heavy atom. The standard InChI is InChI=1S/C21H27ClN4O4S/c1-15-7-8-16(11-18(15)22)24-20(27)14-25(2)31(29,30)17-12-19(23-13-17)21(28)26-9-5-3-4-6-10-26/h7-8,11-13,23H,3-6,9-10,14H2,1-2H3,(H,24,27). The van der Waals surface area contributed by atoms with Gasteiger partial charge in [0.2, 0.25) is 15.9 Å². The summed E-state index contributed by atoms with van der Waals surface area (Å²) >= 11 is 6.06. The number of carbonyl (C=O) groups excluding carboxylic acids is 2. The molecule has 0 saturated carbocycles. The summed E-state index contributed by atoms with van der Waals surface area (Å²) < 4.78 is 26.7. The number of H-pyrrole nitrogens is 1. The lowest BCUT2D eigenvalue weighted by atomic mass is 10.2. The Morgan fingerprint density at radius 2 is 1.84 bits per heavy atom. The van der Waals surface area contributed by atoms with Crippen LogP contribution < -0.4 is 5.32 Å². The van der Waals surface area contributed by atoms with Gasteiger partial charge in [-0.05, 0) is 43.5 Å². The number of hydrogen-bond donors (Lipinski definition) is 2. The fourth-order valence-corrected chi connectivity index (χ4v) is 4.73. The van der Waals surface area contributed by atoms with Crippen molar-refractivity contribution < 1.29 is 18.0 Å². The molecule has 1 aromatic carbocycles. The number of rotatable bonds is 6. The second-order valence-corrected chi connectivity index (χ2v) is 10.2. The minimum absolute atomic E-state index is 0.0562. The number of nitrogens with one attached hydrogen (secondary N) is 2. The van der Waals surface area contributed by atoms with Crippen molar-refractivity contribution in [3.63, 3.8) is 0 Å². The third-order valence-electron chi connectivity index (χ3n) is 5.31. The van der Waals surface area contributed by atoms with Crippen molar-refractivity contribution >= 4 is 39.1 Å².